The first-order valence-electron chi connectivity index (χ1n) is 13.3. The highest BCUT2D eigenvalue weighted by Crippen LogP contribution is 2.43. The predicted octanol–water partition coefficient (Wildman–Crippen LogP) is 3.74. The summed E-state index contributed by atoms with van der Waals surface area (Å²) in [6, 6.07) is 5.64. The number of aliphatic hydroxyl groups excluding tert-OH is 1. The van der Waals surface area contributed by atoms with Gasteiger partial charge in [-0.3, -0.25) is 4.79 Å². The Bertz CT molecular complexity index is 1120. The molecule has 2 heterocycles. The number of hydrogen-bond donors (Lipinski definition) is 2. The summed E-state index contributed by atoms with van der Waals surface area (Å²) in [5.41, 5.74) is 2.36. The molecular formula is C27H34F3N5O3. The number of nitrogens with one attached hydrogen (secondary N) is 1. The van der Waals surface area contributed by atoms with Gasteiger partial charge in [0, 0.05) is 31.7 Å². The van der Waals surface area contributed by atoms with Crippen LogP contribution in [0.3, 0.4) is 0 Å². The Morgan fingerprint density at radius 3 is 2.53 bits per heavy atom. The minimum Gasteiger partial charge on any atom is -0.406 e. The number of halogens is 3. The molecule has 1 aromatic heterocycles. The zero-order chi connectivity index (χ0) is 26.9. The van der Waals surface area contributed by atoms with Crippen molar-refractivity contribution < 1.29 is 27.8 Å². The number of aliphatic hydroxyl groups is 1. The highest BCUT2D eigenvalue weighted by molar-refractivity contribution is 5.84. The molecule has 8 nitrogen and oxygen atoms in total. The molecule has 1 amide bonds. The first kappa shape index (κ1) is 26.7. The predicted molar refractivity (Wildman–Crippen MR) is 135 cm³/mol. The fraction of sp³-hybridized carbons (Fsp3) is 0.593. The number of anilines is 1. The molecule has 206 valence electrons. The molecule has 2 aliphatic carbocycles. The molecule has 11 heteroatoms. The van der Waals surface area contributed by atoms with Crippen molar-refractivity contribution in [2.75, 3.05) is 44.2 Å². The Kier molecular flexibility index (Phi) is 7.76. The molecule has 2 N–H and O–H groups in total. The number of fused-ring (bicyclic) bond motifs is 1. The van der Waals surface area contributed by atoms with E-state index in [2.05, 4.69) is 31.8 Å². The van der Waals surface area contributed by atoms with Crippen molar-refractivity contribution in [1.82, 2.24) is 20.2 Å². The minimum absolute atomic E-state index is 0.0286. The van der Waals surface area contributed by atoms with Crippen LogP contribution in [-0.4, -0.2) is 71.5 Å². The maximum atomic E-state index is 13.7. The minimum atomic E-state index is -4.76. The molecule has 2 aromatic rings. The monoisotopic (exact) mass is 533 g/mol. The third kappa shape index (κ3) is 6.20. The molecule has 2 fully saturated rings. The summed E-state index contributed by atoms with van der Waals surface area (Å²) in [4.78, 5) is 26.5. The maximum absolute atomic E-state index is 13.7. The van der Waals surface area contributed by atoms with Gasteiger partial charge in [0.05, 0.1) is 17.7 Å². The fourth-order valence-corrected chi connectivity index (χ4v) is 5.52. The van der Waals surface area contributed by atoms with E-state index in [1.54, 1.807) is 12.1 Å². The number of aromatic nitrogens is 2. The number of piperazine rings is 1. The van der Waals surface area contributed by atoms with Crippen molar-refractivity contribution >= 4 is 11.7 Å². The summed E-state index contributed by atoms with van der Waals surface area (Å²) in [5, 5.41) is 13.7. The SMILES string of the molecule is C[C@@H]1C[C@@H](O)c2ncnc(N3CCN(C(=O)[C@H](CCNCC4CC4)c4ccc(OC(F)(F)F)cc4)CC3)c21. The molecule has 1 aromatic carbocycles. The van der Waals surface area contributed by atoms with Gasteiger partial charge >= 0.3 is 6.36 Å². The summed E-state index contributed by atoms with van der Waals surface area (Å²) < 4.78 is 41.8. The van der Waals surface area contributed by atoms with Gasteiger partial charge in [-0.2, -0.15) is 0 Å². The lowest BCUT2D eigenvalue weighted by molar-refractivity contribution is -0.274. The number of ether oxygens (including phenoxy) is 1. The summed E-state index contributed by atoms with van der Waals surface area (Å²) in [7, 11) is 0. The lowest BCUT2D eigenvalue weighted by Gasteiger charge is -2.38. The van der Waals surface area contributed by atoms with Crippen LogP contribution in [0.25, 0.3) is 0 Å². The second-order valence-corrected chi connectivity index (χ2v) is 10.6. The summed E-state index contributed by atoms with van der Waals surface area (Å²) in [5.74, 6) is 0.901. The molecule has 1 saturated carbocycles. The zero-order valence-corrected chi connectivity index (χ0v) is 21.5. The van der Waals surface area contributed by atoms with Crippen LogP contribution in [-0.2, 0) is 4.79 Å². The van der Waals surface area contributed by atoms with Crippen LogP contribution in [0.15, 0.2) is 30.6 Å². The molecule has 3 aliphatic rings. The Balaban J connectivity index is 1.26. The molecule has 5 rings (SSSR count). The van der Waals surface area contributed by atoms with E-state index >= 15 is 0 Å². The number of hydrogen-bond acceptors (Lipinski definition) is 7. The van der Waals surface area contributed by atoms with E-state index in [1.807, 2.05) is 4.90 Å². The molecule has 0 unspecified atom stereocenters. The van der Waals surface area contributed by atoms with Gasteiger partial charge in [0.25, 0.3) is 0 Å². The Labute approximate surface area is 220 Å². The number of benzene rings is 1. The lowest BCUT2D eigenvalue weighted by atomic mass is 9.93. The van der Waals surface area contributed by atoms with Crippen molar-refractivity contribution in [3.8, 4) is 5.75 Å². The molecule has 3 atom stereocenters. The van der Waals surface area contributed by atoms with E-state index in [-0.39, 0.29) is 17.6 Å². The first-order chi connectivity index (χ1) is 18.2. The highest BCUT2D eigenvalue weighted by atomic mass is 19.4. The average Bonchev–Trinajstić information content (AvgIpc) is 3.67. The van der Waals surface area contributed by atoms with Crippen LogP contribution >= 0.6 is 0 Å². The van der Waals surface area contributed by atoms with Crippen LogP contribution in [0.1, 0.15) is 67.4 Å². The third-order valence-electron chi connectivity index (χ3n) is 7.72. The van der Waals surface area contributed by atoms with E-state index in [4.69, 9.17) is 0 Å². The van der Waals surface area contributed by atoms with E-state index in [0.717, 1.165) is 17.9 Å². The van der Waals surface area contributed by atoms with Crippen LogP contribution < -0.4 is 15.0 Å². The second-order valence-electron chi connectivity index (χ2n) is 10.6. The number of nitrogens with zero attached hydrogens (tertiary/aromatic N) is 4. The summed E-state index contributed by atoms with van der Waals surface area (Å²) in [6.07, 6.45) is -0.205. The zero-order valence-electron chi connectivity index (χ0n) is 21.5. The maximum Gasteiger partial charge on any atom is 0.573 e. The quantitative estimate of drug-likeness (QED) is 0.475. The van der Waals surface area contributed by atoms with Gasteiger partial charge in [-0.1, -0.05) is 19.1 Å². The van der Waals surface area contributed by atoms with Gasteiger partial charge in [-0.15, -0.1) is 13.2 Å². The largest absolute Gasteiger partial charge is 0.573 e. The number of amides is 1. The van der Waals surface area contributed by atoms with E-state index in [1.165, 1.54) is 31.3 Å². The third-order valence-corrected chi connectivity index (χ3v) is 7.72. The Morgan fingerprint density at radius 2 is 1.87 bits per heavy atom. The number of carbonyl (C=O) groups is 1. The van der Waals surface area contributed by atoms with Gasteiger partial charge in [-0.05, 0) is 68.3 Å². The van der Waals surface area contributed by atoms with Gasteiger partial charge in [0.15, 0.2) is 0 Å². The van der Waals surface area contributed by atoms with Gasteiger partial charge < -0.3 is 25.0 Å². The number of carbonyl (C=O) groups excluding carboxylic acids is 1. The normalized spacial score (nSPS) is 22.3. The Hall–Kier alpha value is -2.92. The van der Waals surface area contributed by atoms with Crippen LogP contribution in [0.2, 0.25) is 0 Å². The van der Waals surface area contributed by atoms with E-state index in [0.29, 0.717) is 62.7 Å². The Morgan fingerprint density at radius 1 is 1.16 bits per heavy atom. The molecule has 0 bridgehead atoms. The number of rotatable bonds is 9. The van der Waals surface area contributed by atoms with Crippen molar-refractivity contribution in [3.63, 3.8) is 0 Å². The van der Waals surface area contributed by atoms with Crippen LogP contribution in [0.4, 0.5) is 19.0 Å². The van der Waals surface area contributed by atoms with Crippen molar-refractivity contribution in [3.05, 3.63) is 47.4 Å². The van der Waals surface area contributed by atoms with Crippen molar-refractivity contribution in [2.45, 2.75) is 56.9 Å². The molecular weight excluding hydrogens is 499 g/mol. The fourth-order valence-electron chi connectivity index (χ4n) is 5.52. The van der Waals surface area contributed by atoms with E-state index in [9.17, 15) is 23.1 Å². The average molecular weight is 534 g/mol. The topological polar surface area (TPSA) is 90.8 Å². The van der Waals surface area contributed by atoms with Crippen molar-refractivity contribution in [2.24, 2.45) is 5.92 Å². The smallest absolute Gasteiger partial charge is 0.406 e. The molecule has 38 heavy (non-hydrogen) atoms. The summed E-state index contributed by atoms with van der Waals surface area (Å²) >= 11 is 0. The molecule has 1 saturated heterocycles. The van der Waals surface area contributed by atoms with Gasteiger partial charge in [0.1, 0.15) is 17.9 Å². The van der Waals surface area contributed by atoms with Crippen LogP contribution in [0, 0.1) is 5.92 Å². The van der Waals surface area contributed by atoms with E-state index < -0.39 is 18.4 Å². The number of alkyl halides is 3. The van der Waals surface area contributed by atoms with Crippen LogP contribution in [0.5, 0.6) is 5.75 Å². The van der Waals surface area contributed by atoms with Gasteiger partial charge in [-0.25, -0.2) is 9.97 Å². The standard InChI is InChI=1S/C27H34F3N5O3/c1-17-14-22(36)24-23(17)25(33-16-32-24)34-10-12-35(13-11-34)26(37)21(8-9-31-15-18-2-3-18)19-4-6-20(7-5-19)38-27(28,29)30/h4-7,16-18,21-22,31,36H,2-3,8-15H2,1H3/t17-,21-,22-/m1/s1. The molecule has 1 aliphatic heterocycles. The van der Waals surface area contributed by atoms with Gasteiger partial charge in [0.2, 0.25) is 5.91 Å². The highest BCUT2D eigenvalue weighted by Gasteiger charge is 2.35. The summed E-state index contributed by atoms with van der Waals surface area (Å²) in [6.45, 7) is 5.86. The molecule has 0 spiro atoms. The van der Waals surface area contributed by atoms with Crippen molar-refractivity contribution in [1.29, 1.82) is 0 Å². The lowest BCUT2D eigenvalue weighted by Crippen LogP contribution is -2.50. The molecule has 0 radical (unpaired) electrons. The first-order valence-corrected chi connectivity index (χ1v) is 13.3. The second kappa shape index (κ2) is 11.1.